The van der Waals surface area contributed by atoms with Crippen molar-refractivity contribution in [2.45, 2.75) is 12.2 Å². The Labute approximate surface area is 128 Å². The summed E-state index contributed by atoms with van der Waals surface area (Å²) >= 11 is 0. The van der Waals surface area contributed by atoms with Gasteiger partial charge in [-0.15, -0.1) is 13.2 Å². The molecule has 0 radical (unpaired) electrons. The van der Waals surface area contributed by atoms with Crippen molar-refractivity contribution >= 4 is 11.9 Å². The van der Waals surface area contributed by atoms with E-state index >= 15 is 0 Å². The monoisotopic (exact) mass is 318 g/mol. The molecule has 126 valence electrons. The molecule has 0 spiro atoms. The third kappa shape index (κ3) is 9.24. The van der Waals surface area contributed by atoms with E-state index < -0.39 is 24.1 Å². The predicted octanol–water partition coefficient (Wildman–Crippen LogP) is 0.331. The van der Waals surface area contributed by atoms with Crippen molar-refractivity contribution in [3.63, 3.8) is 0 Å². The minimum absolute atomic E-state index is 0.0785. The van der Waals surface area contributed by atoms with Crippen LogP contribution in [0.1, 0.15) is 0 Å². The van der Waals surface area contributed by atoms with E-state index in [2.05, 4.69) is 13.2 Å². The Morgan fingerprint density at radius 1 is 0.818 bits per heavy atom. The molecule has 0 amide bonds. The van der Waals surface area contributed by atoms with Crippen LogP contribution >= 0.6 is 0 Å². The fraction of sp³-hybridized carbons (Fsp3) is 0.571. The van der Waals surface area contributed by atoms with Crippen molar-refractivity contribution in [1.29, 1.82) is 0 Å². The first-order valence-electron chi connectivity index (χ1n) is 6.60. The van der Waals surface area contributed by atoms with Gasteiger partial charge < -0.3 is 29.2 Å². The Balaban J connectivity index is 4.35. The molecule has 0 saturated heterocycles. The van der Waals surface area contributed by atoms with Crippen LogP contribution in [0.25, 0.3) is 0 Å². The fourth-order valence-corrected chi connectivity index (χ4v) is 1.38. The van der Waals surface area contributed by atoms with Crippen LogP contribution in [0.5, 0.6) is 0 Å². The minimum Gasteiger partial charge on any atom is -0.479 e. The van der Waals surface area contributed by atoms with Crippen LogP contribution in [0, 0.1) is 0 Å². The van der Waals surface area contributed by atoms with Gasteiger partial charge in [-0.3, -0.25) is 0 Å². The molecule has 0 aliphatic heterocycles. The highest BCUT2D eigenvalue weighted by atomic mass is 16.6. The zero-order chi connectivity index (χ0) is 16.8. The molecule has 0 aromatic heterocycles. The number of carboxylic acid groups (broad SMARTS) is 2. The number of hydrogen-bond donors (Lipinski definition) is 2. The molecule has 0 saturated carbocycles. The maximum Gasteiger partial charge on any atom is 0.336 e. The van der Waals surface area contributed by atoms with Gasteiger partial charge in [0.2, 0.25) is 0 Å². The first-order chi connectivity index (χ1) is 10.5. The normalized spacial score (nSPS) is 13.3. The van der Waals surface area contributed by atoms with Crippen molar-refractivity contribution in [3.05, 3.63) is 25.3 Å². The van der Waals surface area contributed by atoms with Crippen LogP contribution in [-0.2, 0) is 28.5 Å². The highest BCUT2D eigenvalue weighted by molar-refractivity contribution is 5.83. The van der Waals surface area contributed by atoms with Gasteiger partial charge >= 0.3 is 11.9 Å². The van der Waals surface area contributed by atoms with Crippen LogP contribution in [0.2, 0.25) is 0 Å². The Morgan fingerprint density at radius 2 is 1.18 bits per heavy atom. The molecule has 2 N–H and O–H groups in total. The Morgan fingerprint density at radius 3 is 1.45 bits per heavy atom. The van der Waals surface area contributed by atoms with E-state index in [0.717, 1.165) is 0 Å². The number of carboxylic acids is 2. The molecule has 8 nitrogen and oxygen atoms in total. The molecule has 0 aromatic rings. The maximum absolute atomic E-state index is 11.1. The molecule has 0 aromatic carbocycles. The molecular formula is C14H22O8. The predicted molar refractivity (Wildman–Crippen MR) is 76.8 cm³/mol. The van der Waals surface area contributed by atoms with E-state index in [1.54, 1.807) is 0 Å². The quantitative estimate of drug-likeness (QED) is 0.328. The fourth-order valence-electron chi connectivity index (χ4n) is 1.38. The Kier molecular flexibility index (Phi) is 11.9. The first kappa shape index (κ1) is 20.3. The van der Waals surface area contributed by atoms with Gasteiger partial charge in [0.05, 0.1) is 39.6 Å². The van der Waals surface area contributed by atoms with Crippen LogP contribution in [0.4, 0.5) is 0 Å². The average Bonchev–Trinajstić information content (AvgIpc) is 2.47. The number of hydrogen-bond acceptors (Lipinski definition) is 6. The zero-order valence-corrected chi connectivity index (χ0v) is 12.3. The van der Waals surface area contributed by atoms with Crippen LogP contribution in [0.15, 0.2) is 25.3 Å². The summed E-state index contributed by atoms with van der Waals surface area (Å²) in [5.41, 5.74) is 0. The molecule has 0 bridgehead atoms. The summed E-state index contributed by atoms with van der Waals surface area (Å²) in [5.74, 6) is -2.86. The van der Waals surface area contributed by atoms with Crippen molar-refractivity contribution in [3.8, 4) is 0 Å². The van der Waals surface area contributed by atoms with E-state index in [9.17, 15) is 9.59 Å². The smallest absolute Gasteiger partial charge is 0.336 e. The molecule has 0 fully saturated rings. The van der Waals surface area contributed by atoms with Gasteiger partial charge in [0.15, 0.2) is 12.2 Å². The second-order valence-corrected chi connectivity index (χ2v) is 3.99. The van der Waals surface area contributed by atoms with Crippen molar-refractivity contribution in [2.24, 2.45) is 0 Å². The highest BCUT2D eigenvalue weighted by Crippen LogP contribution is 2.06. The summed E-state index contributed by atoms with van der Waals surface area (Å²) in [5, 5.41) is 18.1. The molecule has 22 heavy (non-hydrogen) atoms. The number of aliphatic carboxylic acids is 2. The van der Waals surface area contributed by atoms with Crippen LogP contribution in [-0.4, -0.2) is 74.0 Å². The summed E-state index contributed by atoms with van der Waals surface area (Å²) < 4.78 is 20.1. The SMILES string of the molecule is C=CCOCCOC(C(=O)O)C(OCCOCC=C)C(=O)O. The van der Waals surface area contributed by atoms with Crippen molar-refractivity contribution in [2.75, 3.05) is 39.6 Å². The first-order valence-corrected chi connectivity index (χ1v) is 6.60. The Hall–Kier alpha value is -1.74. The lowest BCUT2D eigenvalue weighted by atomic mass is 10.2. The third-order valence-corrected chi connectivity index (χ3v) is 2.28. The topological polar surface area (TPSA) is 112 Å². The molecule has 0 aliphatic carbocycles. The van der Waals surface area contributed by atoms with E-state index in [1.165, 1.54) is 12.2 Å². The third-order valence-electron chi connectivity index (χ3n) is 2.28. The largest absolute Gasteiger partial charge is 0.479 e. The lowest BCUT2D eigenvalue weighted by Crippen LogP contribution is -2.44. The van der Waals surface area contributed by atoms with Crippen molar-refractivity contribution < 1.29 is 38.7 Å². The summed E-state index contributed by atoms with van der Waals surface area (Å²) in [6.07, 6.45) is -0.212. The molecule has 8 heteroatoms. The average molecular weight is 318 g/mol. The van der Waals surface area contributed by atoms with E-state index in [1.807, 2.05) is 0 Å². The second-order valence-electron chi connectivity index (χ2n) is 3.99. The molecule has 0 heterocycles. The molecule has 0 aliphatic rings. The van der Waals surface area contributed by atoms with Crippen LogP contribution < -0.4 is 0 Å². The summed E-state index contributed by atoms with van der Waals surface area (Å²) in [4.78, 5) is 22.3. The van der Waals surface area contributed by atoms with Gasteiger partial charge in [-0.25, -0.2) is 9.59 Å². The molecular weight excluding hydrogens is 296 g/mol. The number of ether oxygens (including phenoxy) is 4. The summed E-state index contributed by atoms with van der Waals surface area (Å²) in [6.45, 7) is 7.56. The van der Waals surface area contributed by atoms with Gasteiger partial charge in [0, 0.05) is 0 Å². The van der Waals surface area contributed by atoms with E-state index in [0.29, 0.717) is 13.2 Å². The standard InChI is InChI=1S/C14H22O8/c1-3-5-19-7-9-21-11(13(15)16)12(14(17)18)22-10-8-20-6-4-2/h3-4,11-12H,1-2,5-10H2,(H,15,16)(H,17,18). The minimum atomic E-state index is -1.63. The lowest BCUT2D eigenvalue weighted by molar-refractivity contribution is -0.178. The zero-order valence-electron chi connectivity index (χ0n) is 12.3. The second kappa shape index (κ2) is 13.0. The van der Waals surface area contributed by atoms with E-state index in [-0.39, 0.29) is 26.4 Å². The lowest BCUT2D eigenvalue weighted by Gasteiger charge is -2.21. The highest BCUT2D eigenvalue weighted by Gasteiger charge is 2.35. The summed E-state index contributed by atoms with van der Waals surface area (Å²) in [7, 11) is 0. The molecule has 0 rings (SSSR count). The van der Waals surface area contributed by atoms with Gasteiger partial charge in [0.1, 0.15) is 0 Å². The van der Waals surface area contributed by atoms with Crippen molar-refractivity contribution in [1.82, 2.24) is 0 Å². The molecule has 2 atom stereocenters. The number of rotatable bonds is 15. The van der Waals surface area contributed by atoms with Gasteiger partial charge in [-0.1, -0.05) is 12.2 Å². The van der Waals surface area contributed by atoms with Gasteiger partial charge in [0.25, 0.3) is 0 Å². The number of carbonyl (C=O) groups is 2. The van der Waals surface area contributed by atoms with Gasteiger partial charge in [-0.05, 0) is 0 Å². The van der Waals surface area contributed by atoms with E-state index in [4.69, 9.17) is 29.2 Å². The molecule has 2 unspecified atom stereocenters. The maximum atomic E-state index is 11.1. The Bertz CT molecular complexity index is 321. The van der Waals surface area contributed by atoms with Gasteiger partial charge in [-0.2, -0.15) is 0 Å². The summed E-state index contributed by atoms with van der Waals surface area (Å²) in [6, 6.07) is 0. The van der Waals surface area contributed by atoms with Crippen LogP contribution in [0.3, 0.4) is 0 Å².